The fraction of sp³-hybridized carbons (Fsp3) is 0.529. The second-order valence-electron chi connectivity index (χ2n) is 6.29. The second kappa shape index (κ2) is 7.63. The lowest BCUT2D eigenvalue weighted by Crippen LogP contribution is -2.41. The summed E-state index contributed by atoms with van der Waals surface area (Å²) in [6.07, 6.45) is -2.50. The van der Waals surface area contributed by atoms with Crippen molar-refractivity contribution in [3.8, 4) is 0 Å². The number of hydrogen-bond donors (Lipinski definition) is 2. The summed E-state index contributed by atoms with van der Waals surface area (Å²) in [5.74, 6) is -1.25. The molecule has 0 atom stereocenters. The first kappa shape index (κ1) is 18.7. The number of carbonyl (C=O) groups excluding carboxylic acids is 1. The maximum absolute atomic E-state index is 12.7. The number of amides is 1. The number of imidazole rings is 1. The van der Waals surface area contributed by atoms with Crippen LogP contribution < -0.4 is 5.32 Å². The maximum atomic E-state index is 12.7. The number of aromatic nitrogens is 2. The Labute approximate surface area is 148 Å². The molecule has 1 amide bonds. The molecule has 26 heavy (non-hydrogen) atoms. The van der Waals surface area contributed by atoms with Crippen molar-refractivity contribution in [1.82, 2.24) is 14.9 Å². The molecule has 142 valence electrons. The Balaban J connectivity index is 1.57. The maximum Gasteiger partial charge on any atom is 0.449 e. The van der Waals surface area contributed by atoms with Gasteiger partial charge in [0, 0.05) is 25.4 Å². The van der Waals surface area contributed by atoms with Crippen LogP contribution in [0.4, 0.5) is 18.9 Å². The molecule has 2 aromatic rings. The monoisotopic (exact) mass is 370 g/mol. The lowest BCUT2D eigenvalue weighted by molar-refractivity contribution is -0.144. The van der Waals surface area contributed by atoms with Gasteiger partial charge in [0.2, 0.25) is 11.7 Å². The molecule has 1 saturated heterocycles. The molecule has 2 heterocycles. The summed E-state index contributed by atoms with van der Waals surface area (Å²) in [4.78, 5) is 20.0. The van der Waals surface area contributed by atoms with Crippen molar-refractivity contribution in [3.63, 3.8) is 0 Å². The number of nitrogens with one attached hydrogen (secondary N) is 2. The number of piperidine rings is 1. The average molecular weight is 370 g/mol. The standard InChI is InChI=1S/C17H21F3N4O2/c1-2-26-12-5-7-24(8-6-12)10-15(25)21-11-3-4-13-14(9-11)23-16(22-13)17(18,19)20/h3-4,9,12H,2,5-8,10H2,1H3,(H,21,25)(H,22,23). The third-order valence-electron chi connectivity index (χ3n) is 4.34. The Morgan fingerprint density at radius 2 is 2.12 bits per heavy atom. The predicted octanol–water partition coefficient (Wildman–Crippen LogP) is 3.02. The lowest BCUT2D eigenvalue weighted by atomic mass is 10.1. The zero-order valence-corrected chi connectivity index (χ0v) is 14.4. The van der Waals surface area contributed by atoms with E-state index in [1.165, 1.54) is 12.1 Å². The summed E-state index contributed by atoms with van der Waals surface area (Å²) in [6.45, 7) is 4.47. The molecule has 0 radical (unpaired) electrons. The predicted molar refractivity (Wildman–Crippen MR) is 90.8 cm³/mol. The van der Waals surface area contributed by atoms with E-state index < -0.39 is 12.0 Å². The Morgan fingerprint density at radius 3 is 2.77 bits per heavy atom. The number of likely N-dealkylation sites (tertiary alicyclic amines) is 1. The molecule has 1 aromatic heterocycles. The van der Waals surface area contributed by atoms with Gasteiger partial charge in [0.25, 0.3) is 0 Å². The fourth-order valence-electron chi connectivity index (χ4n) is 3.09. The van der Waals surface area contributed by atoms with Gasteiger partial charge < -0.3 is 15.0 Å². The second-order valence-corrected chi connectivity index (χ2v) is 6.29. The Morgan fingerprint density at radius 1 is 1.38 bits per heavy atom. The largest absolute Gasteiger partial charge is 0.449 e. The van der Waals surface area contributed by atoms with Crippen LogP contribution in [0.5, 0.6) is 0 Å². The van der Waals surface area contributed by atoms with Crippen LogP contribution in [-0.4, -0.2) is 53.1 Å². The van der Waals surface area contributed by atoms with E-state index in [-0.39, 0.29) is 29.6 Å². The van der Waals surface area contributed by atoms with Crippen molar-refractivity contribution in [2.45, 2.75) is 32.0 Å². The number of fused-ring (bicyclic) bond motifs is 1. The van der Waals surface area contributed by atoms with Gasteiger partial charge in [-0.1, -0.05) is 0 Å². The molecular weight excluding hydrogens is 349 g/mol. The minimum Gasteiger partial charge on any atom is -0.378 e. The number of alkyl halides is 3. The van der Waals surface area contributed by atoms with Crippen LogP contribution in [0.2, 0.25) is 0 Å². The summed E-state index contributed by atoms with van der Waals surface area (Å²) < 4.78 is 43.7. The van der Waals surface area contributed by atoms with Gasteiger partial charge in [-0.25, -0.2) is 4.98 Å². The van der Waals surface area contributed by atoms with Crippen LogP contribution in [0.1, 0.15) is 25.6 Å². The van der Waals surface area contributed by atoms with Gasteiger partial charge in [-0.05, 0) is 38.0 Å². The van der Waals surface area contributed by atoms with Crippen LogP contribution in [0.15, 0.2) is 18.2 Å². The first-order valence-corrected chi connectivity index (χ1v) is 8.56. The third-order valence-corrected chi connectivity index (χ3v) is 4.34. The number of carbonyl (C=O) groups is 1. The molecule has 0 spiro atoms. The fourth-order valence-corrected chi connectivity index (χ4v) is 3.09. The average Bonchev–Trinajstić information content (AvgIpc) is 3.00. The SMILES string of the molecule is CCOC1CCN(CC(=O)Nc2ccc3nc(C(F)(F)F)[nH]c3c2)CC1. The first-order valence-electron chi connectivity index (χ1n) is 8.56. The number of hydrogen-bond acceptors (Lipinski definition) is 4. The Bertz CT molecular complexity index is 767. The van der Waals surface area contributed by atoms with Crippen molar-refractivity contribution in [3.05, 3.63) is 24.0 Å². The highest BCUT2D eigenvalue weighted by Crippen LogP contribution is 2.29. The van der Waals surface area contributed by atoms with Crippen molar-refractivity contribution in [1.29, 1.82) is 0 Å². The van der Waals surface area contributed by atoms with Gasteiger partial charge in [0.15, 0.2) is 0 Å². The van der Waals surface area contributed by atoms with Crippen molar-refractivity contribution in [2.75, 3.05) is 31.6 Å². The number of nitrogens with zero attached hydrogens (tertiary/aromatic N) is 2. The van der Waals surface area contributed by atoms with Crippen LogP contribution in [0, 0.1) is 0 Å². The quantitative estimate of drug-likeness (QED) is 0.849. The molecule has 0 unspecified atom stereocenters. The summed E-state index contributed by atoms with van der Waals surface area (Å²) in [6, 6.07) is 4.45. The molecule has 0 aliphatic carbocycles. The third kappa shape index (κ3) is 4.53. The van der Waals surface area contributed by atoms with Crippen LogP contribution in [-0.2, 0) is 15.7 Å². The number of aromatic amines is 1. The van der Waals surface area contributed by atoms with Crippen molar-refractivity contribution >= 4 is 22.6 Å². The number of H-pyrrole nitrogens is 1. The normalized spacial score (nSPS) is 16.9. The Hall–Kier alpha value is -2.13. The molecule has 2 N–H and O–H groups in total. The zero-order chi connectivity index (χ0) is 18.7. The minimum absolute atomic E-state index is 0.199. The molecule has 1 fully saturated rings. The molecule has 1 aliphatic heterocycles. The summed E-state index contributed by atoms with van der Waals surface area (Å²) >= 11 is 0. The van der Waals surface area contributed by atoms with Gasteiger partial charge in [-0.2, -0.15) is 13.2 Å². The number of benzene rings is 1. The van der Waals surface area contributed by atoms with Gasteiger partial charge >= 0.3 is 6.18 Å². The summed E-state index contributed by atoms with van der Waals surface area (Å²) in [5, 5.41) is 2.72. The van der Waals surface area contributed by atoms with E-state index in [4.69, 9.17) is 4.74 Å². The van der Waals surface area contributed by atoms with Gasteiger partial charge in [0.05, 0.1) is 23.7 Å². The van der Waals surface area contributed by atoms with E-state index in [1.54, 1.807) is 6.07 Å². The smallest absolute Gasteiger partial charge is 0.378 e. The number of anilines is 1. The van der Waals surface area contributed by atoms with E-state index in [9.17, 15) is 18.0 Å². The Kier molecular flexibility index (Phi) is 5.47. The molecule has 3 rings (SSSR count). The van der Waals surface area contributed by atoms with E-state index in [1.807, 2.05) is 11.8 Å². The molecule has 0 bridgehead atoms. The number of halogens is 3. The van der Waals surface area contributed by atoms with Crippen LogP contribution >= 0.6 is 0 Å². The molecular formula is C17H21F3N4O2. The van der Waals surface area contributed by atoms with Crippen molar-refractivity contribution in [2.24, 2.45) is 0 Å². The highest BCUT2D eigenvalue weighted by atomic mass is 19.4. The molecule has 9 heteroatoms. The van der Waals surface area contributed by atoms with E-state index in [2.05, 4.69) is 15.3 Å². The summed E-state index contributed by atoms with van der Waals surface area (Å²) in [5.41, 5.74) is 0.866. The van der Waals surface area contributed by atoms with Crippen LogP contribution in [0.25, 0.3) is 11.0 Å². The van der Waals surface area contributed by atoms with Gasteiger partial charge in [-0.15, -0.1) is 0 Å². The van der Waals surface area contributed by atoms with E-state index in [0.717, 1.165) is 25.9 Å². The van der Waals surface area contributed by atoms with Gasteiger partial charge in [-0.3, -0.25) is 9.69 Å². The minimum atomic E-state index is -4.53. The van der Waals surface area contributed by atoms with Crippen LogP contribution in [0.3, 0.4) is 0 Å². The number of ether oxygens (including phenoxy) is 1. The van der Waals surface area contributed by atoms with Gasteiger partial charge in [0.1, 0.15) is 0 Å². The molecule has 1 aliphatic rings. The van der Waals surface area contributed by atoms with E-state index in [0.29, 0.717) is 12.3 Å². The number of rotatable bonds is 5. The highest BCUT2D eigenvalue weighted by molar-refractivity contribution is 5.94. The van der Waals surface area contributed by atoms with E-state index >= 15 is 0 Å². The zero-order valence-electron chi connectivity index (χ0n) is 14.4. The molecule has 0 saturated carbocycles. The first-order chi connectivity index (χ1) is 12.3. The molecule has 6 nitrogen and oxygen atoms in total. The highest BCUT2D eigenvalue weighted by Gasteiger charge is 2.34. The topological polar surface area (TPSA) is 70.2 Å². The van der Waals surface area contributed by atoms with Crippen molar-refractivity contribution < 1.29 is 22.7 Å². The molecule has 1 aromatic carbocycles. The lowest BCUT2D eigenvalue weighted by Gasteiger charge is -2.31. The summed E-state index contributed by atoms with van der Waals surface area (Å²) in [7, 11) is 0.